The van der Waals surface area contributed by atoms with Crippen LogP contribution in [0.15, 0.2) is 18.7 Å². The third kappa shape index (κ3) is 1.67. The van der Waals surface area contributed by atoms with Gasteiger partial charge in [0, 0.05) is 25.5 Å². The molecular weight excluding hydrogens is 178 g/mol. The van der Waals surface area contributed by atoms with E-state index in [4.69, 9.17) is 0 Å². The zero-order valence-corrected chi connectivity index (χ0v) is 8.56. The summed E-state index contributed by atoms with van der Waals surface area (Å²) in [5.74, 6) is -0.920. The van der Waals surface area contributed by atoms with Crippen molar-refractivity contribution in [1.82, 2.24) is 14.5 Å². The zero-order valence-electron chi connectivity index (χ0n) is 8.56. The van der Waals surface area contributed by atoms with E-state index in [1.54, 1.807) is 23.3 Å². The normalized spacial score (nSPS) is 23.3. The van der Waals surface area contributed by atoms with Crippen LogP contribution in [0.2, 0.25) is 0 Å². The predicted molar refractivity (Wildman–Crippen MR) is 53.5 cm³/mol. The van der Waals surface area contributed by atoms with Crippen molar-refractivity contribution in [1.29, 1.82) is 0 Å². The predicted octanol–water partition coefficient (Wildman–Crippen LogP) is 0.992. The Kier molecular flexibility index (Phi) is 2.56. The quantitative estimate of drug-likeness (QED) is 0.765. The maximum atomic E-state index is 10.3. The van der Waals surface area contributed by atoms with E-state index in [0.717, 1.165) is 13.1 Å². The van der Waals surface area contributed by atoms with Crippen LogP contribution in [0.4, 0.5) is 0 Å². The highest BCUT2D eigenvalue weighted by Gasteiger charge is 2.31. The van der Waals surface area contributed by atoms with E-state index < -0.39 is 5.85 Å². The minimum absolute atomic E-state index is 0.920. The number of hydrogen-bond donors (Lipinski definition) is 1. The Bertz CT molecular complexity index is 276. The summed E-state index contributed by atoms with van der Waals surface area (Å²) in [5.41, 5.74) is 0. The molecule has 0 radical (unpaired) electrons. The molecule has 4 heteroatoms. The van der Waals surface area contributed by atoms with Crippen LogP contribution in [0.25, 0.3) is 0 Å². The first-order chi connectivity index (χ1) is 6.71. The molecule has 0 bridgehead atoms. The third-order valence-corrected chi connectivity index (χ3v) is 2.95. The lowest BCUT2D eigenvalue weighted by atomic mass is 10.1. The van der Waals surface area contributed by atoms with Gasteiger partial charge in [-0.25, -0.2) is 4.98 Å². The largest absolute Gasteiger partial charge is 0.358 e. The third-order valence-electron chi connectivity index (χ3n) is 2.95. The number of aromatic nitrogens is 2. The number of rotatable bonds is 2. The van der Waals surface area contributed by atoms with E-state index in [2.05, 4.69) is 9.88 Å². The van der Waals surface area contributed by atoms with Gasteiger partial charge >= 0.3 is 0 Å². The Morgan fingerprint density at radius 3 is 2.57 bits per heavy atom. The summed E-state index contributed by atoms with van der Waals surface area (Å²) in [5, 5.41) is 10.3. The van der Waals surface area contributed by atoms with Crippen molar-refractivity contribution in [2.24, 2.45) is 0 Å². The van der Waals surface area contributed by atoms with Gasteiger partial charge in [-0.1, -0.05) is 6.42 Å². The SMILES string of the molecule is CC(O)(N1CCCCC1)n1ccnc1. The zero-order chi connectivity index (χ0) is 10.0. The van der Waals surface area contributed by atoms with Gasteiger partial charge in [-0.2, -0.15) is 0 Å². The number of imidazole rings is 1. The minimum atomic E-state index is -0.920. The summed E-state index contributed by atoms with van der Waals surface area (Å²) < 4.78 is 1.75. The topological polar surface area (TPSA) is 41.3 Å². The van der Waals surface area contributed by atoms with Gasteiger partial charge < -0.3 is 5.11 Å². The Morgan fingerprint density at radius 1 is 1.29 bits per heavy atom. The van der Waals surface area contributed by atoms with Crippen molar-refractivity contribution in [3.8, 4) is 0 Å². The summed E-state index contributed by atoms with van der Waals surface area (Å²) in [7, 11) is 0. The van der Waals surface area contributed by atoms with Crippen molar-refractivity contribution in [3.63, 3.8) is 0 Å². The summed E-state index contributed by atoms with van der Waals surface area (Å²) in [6.07, 6.45) is 8.77. The van der Waals surface area contributed by atoms with Gasteiger partial charge in [-0.15, -0.1) is 0 Å². The Morgan fingerprint density at radius 2 is 2.00 bits per heavy atom. The number of likely N-dealkylation sites (tertiary alicyclic amines) is 1. The first kappa shape index (κ1) is 9.68. The molecule has 0 aromatic carbocycles. The smallest absolute Gasteiger partial charge is 0.199 e. The highest BCUT2D eigenvalue weighted by Crippen LogP contribution is 2.22. The average Bonchev–Trinajstić information content (AvgIpc) is 2.72. The van der Waals surface area contributed by atoms with E-state index in [0.29, 0.717) is 0 Å². The van der Waals surface area contributed by atoms with Crippen LogP contribution >= 0.6 is 0 Å². The summed E-state index contributed by atoms with van der Waals surface area (Å²) in [6, 6.07) is 0. The van der Waals surface area contributed by atoms with Gasteiger partial charge in [-0.05, 0) is 19.8 Å². The second-order valence-electron chi connectivity index (χ2n) is 3.99. The molecule has 1 aromatic heterocycles. The lowest BCUT2D eigenvalue weighted by Gasteiger charge is -2.39. The highest BCUT2D eigenvalue weighted by atomic mass is 16.3. The Hall–Kier alpha value is -0.870. The van der Waals surface area contributed by atoms with E-state index in [1.807, 2.05) is 6.92 Å². The molecule has 78 valence electrons. The summed E-state index contributed by atoms with van der Waals surface area (Å²) >= 11 is 0. The van der Waals surface area contributed by atoms with E-state index in [1.165, 1.54) is 19.3 Å². The van der Waals surface area contributed by atoms with Gasteiger partial charge in [0.2, 0.25) is 0 Å². The fourth-order valence-corrected chi connectivity index (χ4v) is 1.99. The number of nitrogens with zero attached hydrogens (tertiary/aromatic N) is 3. The van der Waals surface area contributed by atoms with Crippen LogP contribution in [0, 0.1) is 0 Å². The minimum Gasteiger partial charge on any atom is -0.358 e. The fraction of sp³-hybridized carbons (Fsp3) is 0.700. The van der Waals surface area contributed by atoms with Gasteiger partial charge in [0.1, 0.15) is 0 Å². The average molecular weight is 195 g/mol. The molecule has 1 N–H and O–H groups in total. The van der Waals surface area contributed by atoms with E-state index >= 15 is 0 Å². The molecule has 14 heavy (non-hydrogen) atoms. The van der Waals surface area contributed by atoms with Crippen molar-refractivity contribution < 1.29 is 5.11 Å². The molecular formula is C10H17N3O. The lowest BCUT2D eigenvalue weighted by molar-refractivity contribution is -0.166. The molecule has 1 fully saturated rings. The Balaban J connectivity index is 2.14. The van der Waals surface area contributed by atoms with Gasteiger partial charge in [0.05, 0.1) is 6.33 Å². The number of aliphatic hydroxyl groups is 1. The van der Waals surface area contributed by atoms with Crippen molar-refractivity contribution in [2.75, 3.05) is 13.1 Å². The van der Waals surface area contributed by atoms with Crippen LogP contribution < -0.4 is 0 Å². The van der Waals surface area contributed by atoms with E-state index in [9.17, 15) is 5.11 Å². The highest BCUT2D eigenvalue weighted by molar-refractivity contribution is 4.83. The van der Waals surface area contributed by atoms with Crippen LogP contribution in [-0.4, -0.2) is 32.6 Å². The van der Waals surface area contributed by atoms with Crippen molar-refractivity contribution in [3.05, 3.63) is 18.7 Å². The van der Waals surface area contributed by atoms with Gasteiger partial charge in [-0.3, -0.25) is 9.47 Å². The molecule has 0 saturated carbocycles. The molecule has 0 spiro atoms. The van der Waals surface area contributed by atoms with E-state index in [-0.39, 0.29) is 0 Å². The lowest BCUT2D eigenvalue weighted by Crippen LogP contribution is -2.50. The number of piperidine rings is 1. The second-order valence-corrected chi connectivity index (χ2v) is 3.99. The molecule has 2 heterocycles. The maximum Gasteiger partial charge on any atom is 0.199 e. The first-order valence-electron chi connectivity index (χ1n) is 5.17. The number of hydrogen-bond acceptors (Lipinski definition) is 3. The van der Waals surface area contributed by atoms with Crippen LogP contribution in [-0.2, 0) is 5.85 Å². The summed E-state index contributed by atoms with van der Waals surface area (Å²) in [4.78, 5) is 6.06. The standard InChI is InChI=1S/C10H17N3O/c1-10(14,13-8-5-11-9-13)12-6-3-2-4-7-12/h5,8-9,14H,2-4,6-7H2,1H3. The molecule has 1 aromatic rings. The molecule has 0 aliphatic carbocycles. The van der Waals surface area contributed by atoms with Crippen LogP contribution in [0.5, 0.6) is 0 Å². The van der Waals surface area contributed by atoms with Gasteiger partial charge in [0.15, 0.2) is 5.85 Å². The van der Waals surface area contributed by atoms with Crippen LogP contribution in [0.1, 0.15) is 26.2 Å². The molecule has 0 amide bonds. The molecule has 1 aliphatic rings. The van der Waals surface area contributed by atoms with Gasteiger partial charge in [0.25, 0.3) is 0 Å². The molecule has 2 rings (SSSR count). The molecule has 1 saturated heterocycles. The molecule has 1 atom stereocenters. The molecule has 1 unspecified atom stereocenters. The van der Waals surface area contributed by atoms with Crippen molar-refractivity contribution >= 4 is 0 Å². The monoisotopic (exact) mass is 195 g/mol. The molecule has 1 aliphatic heterocycles. The van der Waals surface area contributed by atoms with Crippen LogP contribution in [0.3, 0.4) is 0 Å². The Labute approximate surface area is 84.2 Å². The summed E-state index contributed by atoms with van der Waals surface area (Å²) in [6.45, 7) is 3.75. The fourth-order valence-electron chi connectivity index (χ4n) is 1.99. The molecule has 4 nitrogen and oxygen atoms in total. The second kappa shape index (κ2) is 3.71. The van der Waals surface area contributed by atoms with Crippen molar-refractivity contribution in [2.45, 2.75) is 32.0 Å². The maximum absolute atomic E-state index is 10.3. The first-order valence-corrected chi connectivity index (χ1v) is 5.17.